The Morgan fingerprint density at radius 2 is 1.75 bits per heavy atom. The minimum absolute atomic E-state index is 0.0302. The van der Waals surface area contributed by atoms with Gasteiger partial charge in [-0.2, -0.15) is 5.10 Å². The molecular formula is C23H25N7O2. The smallest absolute Gasteiger partial charge is 0.291 e. The van der Waals surface area contributed by atoms with E-state index in [0.29, 0.717) is 44.1 Å². The molecule has 164 valence electrons. The van der Waals surface area contributed by atoms with Crippen molar-refractivity contribution in [3.8, 4) is 0 Å². The Hall–Kier alpha value is -3.75. The highest BCUT2D eigenvalue weighted by Crippen LogP contribution is 2.31. The van der Waals surface area contributed by atoms with Crippen molar-refractivity contribution in [3.63, 3.8) is 0 Å². The molecule has 9 nitrogen and oxygen atoms in total. The molecule has 0 spiro atoms. The van der Waals surface area contributed by atoms with Gasteiger partial charge in [0.1, 0.15) is 11.6 Å². The summed E-state index contributed by atoms with van der Waals surface area (Å²) in [5, 5.41) is 5.92. The Kier molecular flexibility index (Phi) is 5.08. The van der Waals surface area contributed by atoms with Gasteiger partial charge in [0.25, 0.3) is 5.56 Å². The topological polar surface area (TPSA) is 89.2 Å². The van der Waals surface area contributed by atoms with Gasteiger partial charge in [0, 0.05) is 56.4 Å². The number of carbonyl (C=O) groups excluding carboxylic acids is 1. The van der Waals surface area contributed by atoms with Gasteiger partial charge in [-0.05, 0) is 18.6 Å². The lowest BCUT2D eigenvalue weighted by Crippen LogP contribution is -2.51. The third-order valence-corrected chi connectivity index (χ3v) is 6.22. The number of hydrogen-bond acceptors (Lipinski definition) is 6. The summed E-state index contributed by atoms with van der Waals surface area (Å²) in [6.45, 7) is 4.51. The fourth-order valence-corrected chi connectivity index (χ4v) is 4.57. The molecule has 9 heteroatoms. The minimum atomic E-state index is -0.466. The third-order valence-electron chi connectivity index (χ3n) is 6.22. The Morgan fingerprint density at radius 3 is 2.47 bits per heavy atom. The molecule has 0 N–H and O–H groups in total. The van der Waals surface area contributed by atoms with Crippen LogP contribution < -0.4 is 10.5 Å². The highest BCUT2D eigenvalue weighted by molar-refractivity contribution is 6.08. The quantitative estimate of drug-likeness (QED) is 0.491. The number of aryl methyl sites for hydroxylation is 1. The maximum absolute atomic E-state index is 13.7. The molecule has 1 unspecified atom stereocenters. The van der Waals surface area contributed by atoms with Crippen LogP contribution in [0.2, 0.25) is 0 Å². The zero-order valence-electron chi connectivity index (χ0n) is 18.2. The standard InChI is InChI=1S/C23H25N7O2/c1-3-18(21(31)28-11-13-29(14-12-28)23-24-9-6-10-25-23)30-19-8-5-4-7-16(19)17-15-26-27(2)22(32)20(17)30/h4-10,15,18H,3,11-14H2,1-2H3. The molecule has 1 aliphatic rings. The monoisotopic (exact) mass is 431 g/mol. The van der Waals surface area contributed by atoms with Crippen molar-refractivity contribution in [1.29, 1.82) is 0 Å². The summed E-state index contributed by atoms with van der Waals surface area (Å²) in [6, 6.07) is 9.15. The molecule has 1 aromatic carbocycles. The van der Waals surface area contributed by atoms with Crippen molar-refractivity contribution >= 4 is 33.7 Å². The number of fused-ring (bicyclic) bond motifs is 3. The number of nitrogens with zero attached hydrogens (tertiary/aromatic N) is 7. The van der Waals surface area contributed by atoms with Crippen LogP contribution >= 0.6 is 0 Å². The summed E-state index contributed by atoms with van der Waals surface area (Å²) in [7, 11) is 1.64. The van der Waals surface area contributed by atoms with Gasteiger partial charge >= 0.3 is 0 Å². The maximum Gasteiger partial charge on any atom is 0.291 e. The first-order valence-electron chi connectivity index (χ1n) is 10.9. The number of rotatable bonds is 4. The van der Waals surface area contributed by atoms with Crippen LogP contribution in [0.15, 0.2) is 53.7 Å². The molecule has 5 rings (SSSR count). The van der Waals surface area contributed by atoms with Crippen LogP contribution in [-0.4, -0.2) is 61.3 Å². The molecule has 1 saturated heterocycles. The summed E-state index contributed by atoms with van der Waals surface area (Å²) >= 11 is 0. The third kappa shape index (κ3) is 3.21. The number of carbonyl (C=O) groups is 1. The number of benzene rings is 1. The SMILES string of the molecule is CCC(C(=O)N1CCN(c2ncccn2)CC1)n1c2ccccc2c2cnn(C)c(=O)c21. The number of anilines is 1. The summed E-state index contributed by atoms with van der Waals surface area (Å²) in [5.74, 6) is 0.715. The predicted molar refractivity (Wildman–Crippen MR) is 123 cm³/mol. The van der Waals surface area contributed by atoms with Crippen LogP contribution in [-0.2, 0) is 11.8 Å². The largest absolute Gasteiger partial charge is 0.337 e. The van der Waals surface area contributed by atoms with Crippen LogP contribution in [0, 0.1) is 0 Å². The molecule has 0 bridgehead atoms. The van der Waals surface area contributed by atoms with E-state index < -0.39 is 6.04 Å². The van der Waals surface area contributed by atoms with Crippen molar-refractivity contribution < 1.29 is 4.79 Å². The molecule has 1 atom stereocenters. The lowest BCUT2D eigenvalue weighted by Gasteiger charge is -2.36. The molecule has 4 aromatic rings. The molecule has 32 heavy (non-hydrogen) atoms. The van der Waals surface area contributed by atoms with E-state index in [2.05, 4.69) is 20.0 Å². The van der Waals surface area contributed by atoms with Gasteiger partial charge in [0.05, 0.1) is 11.7 Å². The molecule has 0 aliphatic carbocycles. The second-order valence-corrected chi connectivity index (χ2v) is 8.01. The molecule has 4 heterocycles. The van der Waals surface area contributed by atoms with Crippen LogP contribution in [0.1, 0.15) is 19.4 Å². The molecule has 0 radical (unpaired) electrons. The van der Waals surface area contributed by atoms with Gasteiger partial charge in [-0.25, -0.2) is 14.6 Å². The highest BCUT2D eigenvalue weighted by atomic mass is 16.2. The van der Waals surface area contributed by atoms with Crippen LogP contribution in [0.5, 0.6) is 0 Å². The number of para-hydroxylation sites is 1. The van der Waals surface area contributed by atoms with Crippen molar-refractivity contribution in [1.82, 2.24) is 29.2 Å². The fourth-order valence-electron chi connectivity index (χ4n) is 4.57. The normalized spacial score (nSPS) is 15.4. The molecule has 1 aliphatic heterocycles. The van der Waals surface area contributed by atoms with Gasteiger partial charge < -0.3 is 14.4 Å². The van der Waals surface area contributed by atoms with Crippen molar-refractivity contribution in [3.05, 3.63) is 59.3 Å². The van der Waals surface area contributed by atoms with Crippen molar-refractivity contribution in [2.45, 2.75) is 19.4 Å². The van der Waals surface area contributed by atoms with E-state index in [0.717, 1.165) is 16.3 Å². The second-order valence-electron chi connectivity index (χ2n) is 8.01. The highest BCUT2D eigenvalue weighted by Gasteiger charge is 2.31. The molecule has 1 fully saturated rings. The number of piperazine rings is 1. The first kappa shape index (κ1) is 20.2. The van der Waals surface area contributed by atoms with E-state index in [1.165, 1.54) is 4.68 Å². The first-order valence-corrected chi connectivity index (χ1v) is 10.9. The second kappa shape index (κ2) is 8.07. The minimum Gasteiger partial charge on any atom is -0.337 e. The Bertz CT molecular complexity index is 1340. The van der Waals surface area contributed by atoms with Gasteiger partial charge in [-0.1, -0.05) is 25.1 Å². The van der Waals surface area contributed by atoms with E-state index in [-0.39, 0.29) is 11.5 Å². The van der Waals surface area contributed by atoms with E-state index in [9.17, 15) is 9.59 Å². The van der Waals surface area contributed by atoms with E-state index in [1.54, 1.807) is 31.7 Å². The lowest BCUT2D eigenvalue weighted by atomic mass is 10.1. The molecule has 0 saturated carbocycles. The van der Waals surface area contributed by atoms with Crippen molar-refractivity contribution in [2.24, 2.45) is 7.05 Å². The average molecular weight is 432 g/mol. The van der Waals surface area contributed by atoms with Crippen LogP contribution in [0.25, 0.3) is 21.8 Å². The molecular weight excluding hydrogens is 406 g/mol. The maximum atomic E-state index is 13.7. The van der Waals surface area contributed by atoms with E-state index >= 15 is 0 Å². The number of amides is 1. The van der Waals surface area contributed by atoms with Gasteiger partial charge in [0.15, 0.2) is 0 Å². The Labute approximate surface area is 184 Å². The van der Waals surface area contributed by atoms with Gasteiger partial charge in [0.2, 0.25) is 11.9 Å². The van der Waals surface area contributed by atoms with Crippen LogP contribution in [0.4, 0.5) is 5.95 Å². The Balaban J connectivity index is 1.51. The number of hydrogen-bond donors (Lipinski definition) is 0. The summed E-state index contributed by atoms with van der Waals surface area (Å²) in [4.78, 5) is 39.4. The van der Waals surface area contributed by atoms with Gasteiger partial charge in [-0.3, -0.25) is 9.59 Å². The number of aromatic nitrogens is 5. The average Bonchev–Trinajstić information content (AvgIpc) is 3.17. The molecule has 1 amide bonds. The summed E-state index contributed by atoms with van der Waals surface area (Å²) < 4.78 is 3.25. The lowest BCUT2D eigenvalue weighted by molar-refractivity contribution is -0.135. The van der Waals surface area contributed by atoms with Crippen molar-refractivity contribution in [2.75, 3.05) is 31.1 Å². The van der Waals surface area contributed by atoms with Gasteiger partial charge in [-0.15, -0.1) is 0 Å². The zero-order valence-corrected chi connectivity index (χ0v) is 18.2. The fraction of sp³-hybridized carbons (Fsp3) is 0.348. The van der Waals surface area contributed by atoms with E-state index in [1.807, 2.05) is 40.7 Å². The summed E-state index contributed by atoms with van der Waals surface area (Å²) in [5.41, 5.74) is 1.21. The van der Waals surface area contributed by atoms with Crippen LogP contribution in [0.3, 0.4) is 0 Å². The zero-order chi connectivity index (χ0) is 22.2. The molecule has 3 aromatic heterocycles. The predicted octanol–water partition coefficient (Wildman–Crippen LogP) is 1.98. The van der Waals surface area contributed by atoms with E-state index in [4.69, 9.17) is 0 Å². The Morgan fingerprint density at radius 1 is 1.03 bits per heavy atom. The summed E-state index contributed by atoms with van der Waals surface area (Å²) in [6.07, 6.45) is 5.75. The first-order chi connectivity index (χ1) is 15.6.